The van der Waals surface area contributed by atoms with Crippen LogP contribution in [0.2, 0.25) is 5.02 Å². The molecule has 100 valence electrons. The molecule has 19 heavy (non-hydrogen) atoms. The van der Waals surface area contributed by atoms with Crippen molar-refractivity contribution in [1.29, 1.82) is 0 Å². The zero-order chi connectivity index (χ0) is 13.8. The first-order valence-electron chi connectivity index (χ1n) is 5.77. The molecule has 5 heteroatoms. The Kier molecular flexibility index (Phi) is 4.35. The van der Waals surface area contributed by atoms with Crippen molar-refractivity contribution in [2.45, 2.75) is 6.04 Å². The van der Waals surface area contributed by atoms with Gasteiger partial charge in [0, 0.05) is 12.2 Å². The quantitative estimate of drug-likeness (QED) is 0.897. The summed E-state index contributed by atoms with van der Waals surface area (Å²) in [6.45, 7) is 0.305. The van der Waals surface area contributed by atoms with Crippen molar-refractivity contribution >= 4 is 17.3 Å². The van der Waals surface area contributed by atoms with Gasteiger partial charge in [0.2, 0.25) is 0 Å². The van der Waals surface area contributed by atoms with Gasteiger partial charge in [-0.15, -0.1) is 0 Å². The molecule has 0 aliphatic rings. The molecule has 2 nitrogen and oxygen atoms in total. The van der Waals surface area contributed by atoms with Crippen LogP contribution in [0.25, 0.3) is 0 Å². The molecule has 0 saturated heterocycles. The van der Waals surface area contributed by atoms with Crippen LogP contribution in [-0.4, -0.2) is 6.54 Å². The zero-order valence-electron chi connectivity index (χ0n) is 10.0. The molecule has 2 aromatic carbocycles. The summed E-state index contributed by atoms with van der Waals surface area (Å²) >= 11 is 5.75. The minimum absolute atomic E-state index is 0.0526. The van der Waals surface area contributed by atoms with Crippen molar-refractivity contribution in [3.8, 4) is 0 Å². The molecule has 1 unspecified atom stereocenters. The van der Waals surface area contributed by atoms with Crippen LogP contribution in [0.5, 0.6) is 0 Å². The van der Waals surface area contributed by atoms with E-state index in [2.05, 4.69) is 5.32 Å². The van der Waals surface area contributed by atoms with Crippen LogP contribution in [0.1, 0.15) is 11.6 Å². The Morgan fingerprint density at radius 2 is 1.79 bits per heavy atom. The van der Waals surface area contributed by atoms with E-state index < -0.39 is 5.82 Å². The third-order valence-electron chi connectivity index (χ3n) is 2.77. The lowest BCUT2D eigenvalue weighted by Crippen LogP contribution is -2.20. The van der Waals surface area contributed by atoms with Crippen LogP contribution < -0.4 is 11.1 Å². The highest BCUT2D eigenvalue weighted by atomic mass is 35.5. The van der Waals surface area contributed by atoms with Crippen molar-refractivity contribution in [3.05, 3.63) is 64.7 Å². The maximum atomic E-state index is 13.1. The van der Waals surface area contributed by atoms with Crippen LogP contribution in [0.4, 0.5) is 14.5 Å². The van der Waals surface area contributed by atoms with Crippen LogP contribution in [0, 0.1) is 11.6 Å². The van der Waals surface area contributed by atoms with Gasteiger partial charge in [-0.25, -0.2) is 8.78 Å². The van der Waals surface area contributed by atoms with Gasteiger partial charge in [0.25, 0.3) is 0 Å². The standard InChI is InChI=1S/C14H13ClF2N2/c15-12-7-9(1-6-13(12)17)14(8-18)19-11-4-2-10(16)3-5-11/h1-7,14,19H,8,18H2. The van der Waals surface area contributed by atoms with Gasteiger partial charge in [0.1, 0.15) is 11.6 Å². The van der Waals surface area contributed by atoms with Crippen molar-refractivity contribution < 1.29 is 8.78 Å². The second kappa shape index (κ2) is 5.99. The third kappa shape index (κ3) is 3.43. The van der Waals surface area contributed by atoms with Crippen molar-refractivity contribution in [1.82, 2.24) is 0 Å². The molecule has 2 rings (SSSR count). The fraction of sp³-hybridized carbons (Fsp3) is 0.143. The van der Waals surface area contributed by atoms with E-state index >= 15 is 0 Å². The predicted molar refractivity (Wildman–Crippen MR) is 73.2 cm³/mol. The predicted octanol–water partition coefficient (Wildman–Crippen LogP) is 3.73. The van der Waals surface area contributed by atoms with Crippen LogP contribution in [0.15, 0.2) is 42.5 Å². The third-order valence-corrected chi connectivity index (χ3v) is 3.06. The summed E-state index contributed by atoms with van der Waals surface area (Å²) in [7, 11) is 0. The highest BCUT2D eigenvalue weighted by Gasteiger charge is 2.11. The van der Waals surface area contributed by atoms with Gasteiger partial charge in [-0.05, 0) is 42.0 Å². The van der Waals surface area contributed by atoms with Gasteiger partial charge in [-0.2, -0.15) is 0 Å². The molecule has 0 fully saturated rings. The van der Waals surface area contributed by atoms with Crippen LogP contribution in [-0.2, 0) is 0 Å². The zero-order valence-corrected chi connectivity index (χ0v) is 10.8. The Balaban J connectivity index is 2.19. The Hall–Kier alpha value is -1.65. The highest BCUT2D eigenvalue weighted by molar-refractivity contribution is 6.30. The number of nitrogens with one attached hydrogen (secondary N) is 1. The summed E-state index contributed by atoms with van der Waals surface area (Å²) in [6.07, 6.45) is 0. The van der Waals surface area contributed by atoms with Gasteiger partial charge in [0.15, 0.2) is 0 Å². The molecule has 0 radical (unpaired) electrons. The number of anilines is 1. The summed E-state index contributed by atoms with van der Waals surface area (Å²) in [5.74, 6) is -0.775. The van der Waals surface area contributed by atoms with Gasteiger partial charge in [0.05, 0.1) is 11.1 Å². The van der Waals surface area contributed by atoms with E-state index in [0.29, 0.717) is 6.54 Å². The molecule has 0 spiro atoms. The monoisotopic (exact) mass is 282 g/mol. The summed E-state index contributed by atoms with van der Waals surface area (Å²) < 4.78 is 25.9. The lowest BCUT2D eigenvalue weighted by molar-refractivity contribution is 0.625. The SMILES string of the molecule is NCC(Nc1ccc(F)cc1)c1ccc(F)c(Cl)c1. The van der Waals surface area contributed by atoms with E-state index in [4.69, 9.17) is 17.3 Å². The Morgan fingerprint density at radius 1 is 1.11 bits per heavy atom. The number of rotatable bonds is 4. The van der Waals surface area contributed by atoms with Crippen molar-refractivity contribution in [2.75, 3.05) is 11.9 Å². The second-order valence-corrected chi connectivity index (χ2v) is 4.52. The maximum Gasteiger partial charge on any atom is 0.141 e. The molecule has 0 aliphatic carbocycles. The number of hydrogen-bond acceptors (Lipinski definition) is 2. The summed E-state index contributed by atoms with van der Waals surface area (Å²) in [4.78, 5) is 0. The first-order chi connectivity index (χ1) is 9.10. The first kappa shape index (κ1) is 13.8. The second-order valence-electron chi connectivity index (χ2n) is 4.11. The number of hydrogen-bond donors (Lipinski definition) is 2. The van der Waals surface area contributed by atoms with Gasteiger partial charge in [-0.3, -0.25) is 0 Å². The minimum atomic E-state index is -0.469. The van der Waals surface area contributed by atoms with Crippen molar-refractivity contribution in [2.24, 2.45) is 5.73 Å². The molecule has 0 heterocycles. The molecule has 1 atom stereocenters. The van der Waals surface area contributed by atoms with Gasteiger partial charge >= 0.3 is 0 Å². The van der Waals surface area contributed by atoms with E-state index in [0.717, 1.165) is 11.3 Å². The topological polar surface area (TPSA) is 38.0 Å². The Bertz CT molecular complexity index is 558. The molecule has 0 amide bonds. The Labute approximate surface area is 115 Å². The number of benzene rings is 2. The molecule has 0 saturated carbocycles. The van der Waals surface area contributed by atoms with E-state index in [1.54, 1.807) is 18.2 Å². The summed E-state index contributed by atoms with van der Waals surface area (Å²) in [5, 5.41) is 3.20. The molecular formula is C14H13ClF2N2. The van der Waals surface area contributed by atoms with E-state index in [1.165, 1.54) is 24.3 Å². The smallest absolute Gasteiger partial charge is 0.141 e. The lowest BCUT2D eigenvalue weighted by atomic mass is 10.1. The average molecular weight is 283 g/mol. The van der Waals surface area contributed by atoms with Crippen LogP contribution in [0.3, 0.4) is 0 Å². The van der Waals surface area contributed by atoms with Gasteiger partial charge in [-0.1, -0.05) is 17.7 Å². The van der Waals surface area contributed by atoms with E-state index in [9.17, 15) is 8.78 Å². The lowest BCUT2D eigenvalue weighted by Gasteiger charge is -2.19. The van der Waals surface area contributed by atoms with Crippen molar-refractivity contribution in [3.63, 3.8) is 0 Å². The molecule has 0 aromatic heterocycles. The fourth-order valence-electron chi connectivity index (χ4n) is 1.75. The highest BCUT2D eigenvalue weighted by Crippen LogP contribution is 2.23. The average Bonchev–Trinajstić information content (AvgIpc) is 2.41. The number of halogens is 3. The van der Waals surface area contributed by atoms with Gasteiger partial charge < -0.3 is 11.1 Å². The first-order valence-corrected chi connectivity index (χ1v) is 6.15. The fourth-order valence-corrected chi connectivity index (χ4v) is 1.94. The molecule has 3 N–H and O–H groups in total. The normalized spacial score (nSPS) is 12.2. The largest absolute Gasteiger partial charge is 0.377 e. The summed E-state index contributed by atoms with van der Waals surface area (Å²) in [5.41, 5.74) is 7.21. The maximum absolute atomic E-state index is 13.1. The van der Waals surface area contributed by atoms with Crippen LogP contribution >= 0.6 is 11.6 Å². The molecule has 0 aliphatic heterocycles. The number of nitrogens with two attached hydrogens (primary N) is 1. The van der Waals surface area contributed by atoms with E-state index in [1.807, 2.05) is 0 Å². The van der Waals surface area contributed by atoms with E-state index in [-0.39, 0.29) is 16.9 Å². The minimum Gasteiger partial charge on any atom is -0.377 e. The summed E-state index contributed by atoms with van der Waals surface area (Å²) in [6, 6.07) is 10.2. The molecular weight excluding hydrogens is 270 g/mol. The Morgan fingerprint density at radius 3 is 2.37 bits per heavy atom. The molecule has 2 aromatic rings. The molecule has 0 bridgehead atoms.